The molecule has 1 aromatic heterocycles. The minimum Gasteiger partial charge on any atom is -0.481 e. The van der Waals surface area contributed by atoms with Gasteiger partial charge in [0.1, 0.15) is 5.82 Å². The van der Waals surface area contributed by atoms with Gasteiger partial charge in [-0.25, -0.2) is 9.78 Å². The summed E-state index contributed by atoms with van der Waals surface area (Å²) >= 11 is 0. The first-order chi connectivity index (χ1) is 8.36. The normalized spacial score (nSPS) is 10.8. The van der Waals surface area contributed by atoms with E-state index >= 15 is 0 Å². The van der Waals surface area contributed by atoms with Crippen molar-refractivity contribution in [1.82, 2.24) is 4.98 Å². The van der Waals surface area contributed by atoms with Crippen LogP contribution >= 0.6 is 0 Å². The van der Waals surface area contributed by atoms with Crippen molar-refractivity contribution in [1.29, 1.82) is 0 Å². The highest BCUT2D eigenvalue weighted by Gasteiger charge is 2.26. The van der Waals surface area contributed by atoms with E-state index in [-0.39, 0.29) is 6.54 Å². The van der Waals surface area contributed by atoms with Crippen LogP contribution in [0, 0.1) is 5.41 Å². The van der Waals surface area contributed by atoms with E-state index in [0.29, 0.717) is 11.4 Å². The van der Waals surface area contributed by atoms with E-state index < -0.39 is 17.4 Å². The SMILES string of the molecule is COC(=O)c1ccnc(NCC(C)(C)C(=O)O)c1. The fraction of sp³-hybridized carbons (Fsp3) is 0.417. The number of esters is 1. The lowest BCUT2D eigenvalue weighted by atomic mass is 9.94. The molecule has 0 saturated carbocycles. The molecule has 0 bridgehead atoms. The van der Waals surface area contributed by atoms with Crippen LogP contribution in [0.15, 0.2) is 18.3 Å². The van der Waals surface area contributed by atoms with Gasteiger partial charge in [0, 0.05) is 12.7 Å². The Morgan fingerprint density at radius 2 is 2.17 bits per heavy atom. The zero-order valence-electron chi connectivity index (χ0n) is 10.6. The lowest BCUT2D eigenvalue weighted by Crippen LogP contribution is -2.32. The van der Waals surface area contributed by atoms with E-state index in [2.05, 4.69) is 15.0 Å². The number of pyridine rings is 1. The standard InChI is InChI=1S/C12H16N2O4/c1-12(2,11(16)17)7-14-9-6-8(4-5-13-9)10(15)18-3/h4-6H,7H2,1-3H3,(H,13,14)(H,16,17). The van der Waals surface area contributed by atoms with Gasteiger partial charge in [-0.3, -0.25) is 4.79 Å². The largest absolute Gasteiger partial charge is 0.481 e. The van der Waals surface area contributed by atoms with Crippen molar-refractivity contribution in [2.75, 3.05) is 19.0 Å². The monoisotopic (exact) mass is 252 g/mol. The molecule has 0 aromatic carbocycles. The van der Waals surface area contributed by atoms with E-state index in [0.717, 1.165) is 0 Å². The summed E-state index contributed by atoms with van der Waals surface area (Å²) in [6.45, 7) is 3.42. The number of ether oxygens (including phenoxy) is 1. The van der Waals surface area contributed by atoms with Crippen LogP contribution in [0.1, 0.15) is 24.2 Å². The van der Waals surface area contributed by atoms with Gasteiger partial charge in [-0.2, -0.15) is 0 Å². The maximum absolute atomic E-state index is 11.3. The van der Waals surface area contributed by atoms with Gasteiger partial charge < -0.3 is 15.2 Å². The predicted molar refractivity (Wildman–Crippen MR) is 65.5 cm³/mol. The minimum atomic E-state index is -0.914. The number of carbonyl (C=O) groups excluding carboxylic acids is 1. The van der Waals surface area contributed by atoms with Crippen molar-refractivity contribution < 1.29 is 19.4 Å². The number of carboxylic acid groups (broad SMARTS) is 1. The van der Waals surface area contributed by atoms with E-state index in [1.54, 1.807) is 13.8 Å². The number of hydrogen-bond donors (Lipinski definition) is 2. The minimum absolute atomic E-state index is 0.208. The quantitative estimate of drug-likeness (QED) is 0.770. The summed E-state index contributed by atoms with van der Waals surface area (Å²) in [6, 6.07) is 3.04. The molecule has 6 heteroatoms. The van der Waals surface area contributed by atoms with Crippen molar-refractivity contribution in [2.24, 2.45) is 5.41 Å². The molecule has 0 fully saturated rings. The number of nitrogens with zero attached hydrogens (tertiary/aromatic N) is 1. The second-order valence-corrected chi connectivity index (χ2v) is 4.46. The third-order valence-corrected chi connectivity index (χ3v) is 2.47. The lowest BCUT2D eigenvalue weighted by Gasteiger charge is -2.19. The van der Waals surface area contributed by atoms with Gasteiger partial charge in [-0.1, -0.05) is 0 Å². The molecule has 0 unspecified atom stereocenters. The van der Waals surface area contributed by atoms with Crippen molar-refractivity contribution in [3.63, 3.8) is 0 Å². The summed E-state index contributed by atoms with van der Waals surface area (Å²) in [5, 5.41) is 11.9. The number of methoxy groups -OCH3 is 1. The van der Waals surface area contributed by atoms with Crippen LogP contribution in [0.25, 0.3) is 0 Å². The predicted octanol–water partition coefficient (Wildman–Crippen LogP) is 1.39. The Labute approximate surface area is 105 Å². The maximum atomic E-state index is 11.3. The Morgan fingerprint density at radius 3 is 2.72 bits per heavy atom. The first kappa shape index (κ1) is 14.0. The van der Waals surface area contributed by atoms with Crippen LogP contribution in [-0.2, 0) is 9.53 Å². The summed E-state index contributed by atoms with van der Waals surface area (Å²) in [4.78, 5) is 26.2. The molecule has 1 rings (SSSR count). The van der Waals surface area contributed by atoms with Crippen molar-refractivity contribution in [3.8, 4) is 0 Å². The third kappa shape index (κ3) is 3.44. The van der Waals surface area contributed by atoms with Crippen molar-refractivity contribution in [2.45, 2.75) is 13.8 Å². The Morgan fingerprint density at radius 1 is 1.50 bits per heavy atom. The topological polar surface area (TPSA) is 88.5 Å². The molecule has 0 atom stereocenters. The summed E-state index contributed by atoms with van der Waals surface area (Å²) in [5.74, 6) is -0.927. The fourth-order valence-corrected chi connectivity index (χ4v) is 1.16. The molecule has 1 aromatic rings. The third-order valence-electron chi connectivity index (χ3n) is 2.47. The molecule has 6 nitrogen and oxygen atoms in total. The van der Waals surface area contributed by atoms with Gasteiger partial charge in [0.25, 0.3) is 0 Å². The molecule has 0 aliphatic rings. The molecule has 18 heavy (non-hydrogen) atoms. The highest BCUT2D eigenvalue weighted by molar-refractivity contribution is 5.90. The molecule has 0 aliphatic carbocycles. The number of carboxylic acids is 1. The zero-order valence-corrected chi connectivity index (χ0v) is 10.6. The number of rotatable bonds is 5. The molecular formula is C12H16N2O4. The molecule has 0 spiro atoms. The van der Waals surface area contributed by atoms with Crippen LogP contribution in [0.5, 0.6) is 0 Å². The number of anilines is 1. The highest BCUT2D eigenvalue weighted by Crippen LogP contribution is 2.16. The Bertz CT molecular complexity index is 457. The number of hydrogen-bond acceptors (Lipinski definition) is 5. The van der Waals surface area contributed by atoms with Crippen LogP contribution < -0.4 is 5.32 Å². The Kier molecular flexibility index (Phi) is 4.25. The van der Waals surface area contributed by atoms with Gasteiger partial charge in [-0.05, 0) is 26.0 Å². The molecule has 2 N–H and O–H groups in total. The van der Waals surface area contributed by atoms with Gasteiger partial charge >= 0.3 is 11.9 Å². The summed E-state index contributed by atoms with van der Waals surface area (Å²) in [6.07, 6.45) is 1.46. The Hall–Kier alpha value is -2.11. The number of aromatic nitrogens is 1. The first-order valence-corrected chi connectivity index (χ1v) is 5.38. The number of aliphatic carboxylic acids is 1. The fourth-order valence-electron chi connectivity index (χ4n) is 1.16. The van der Waals surface area contributed by atoms with Crippen LogP contribution in [0.4, 0.5) is 5.82 Å². The van der Waals surface area contributed by atoms with Crippen molar-refractivity contribution in [3.05, 3.63) is 23.9 Å². The molecular weight excluding hydrogens is 236 g/mol. The Balaban J connectivity index is 2.74. The molecule has 1 heterocycles. The molecule has 0 radical (unpaired) electrons. The second-order valence-electron chi connectivity index (χ2n) is 4.46. The maximum Gasteiger partial charge on any atom is 0.338 e. The first-order valence-electron chi connectivity index (χ1n) is 5.38. The molecule has 0 amide bonds. The lowest BCUT2D eigenvalue weighted by molar-refractivity contribution is -0.146. The summed E-state index contributed by atoms with van der Waals surface area (Å²) in [5.41, 5.74) is -0.550. The van der Waals surface area contributed by atoms with Crippen molar-refractivity contribution >= 4 is 17.8 Å². The molecule has 98 valence electrons. The average molecular weight is 252 g/mol. The van der Waals surface area contributed by atoms with E-state index in [1.165, 1.54) is 25.4 Å². The summed E-state index contributed by atoms with van der Waals surface area (Å²) < 4.78 is 4.59. The van der Waals surface area contributed by atoms with Gasteiger partial charge in [0.15, 0.2) is 0 Å². The average Bonchev–Trinajstić information content (AvgIpc) is 2.35. The number of nitrogens with one attached hydrogen (secondary N) is 1. The van der Waals surface area contributed by atoms with Gasteiger partial charge in [-0.15, -0.1) is 0 Å². The van der Waals surface area contributed by atoms with Gasteiger partial charge in [0.2, 0.25) is 0 Å². The van der Waals surface area contributed by atoms with E-state index in [9.17, 15) is 9.59 Å². The smallest absolute Gasteiger partial charge is 0.338 e. The number of carbonyl (C=O) groups is 2. The molecule has 0 aliphatic heterocycles. The summed E-state index contributed by atoms with van der Waals surface area (Å²) in [7, 11) is 1.30. The van der Waals surface area contributed by atoms with Crippen LogP contribution in [-0.4, -0.2) is 35.7 Å². The molecule has 0 saturated heterocycles. The van der Waals surface area contributed by atoms with Crippen LogP contribution in [0.2, 0.25) is 0 Å². The second kappa shape index (κ2) is 5.48. The van der Waals surface area contributed by atoms with Gasteiger partial charge in [0.05, 0.1) is 18.1 Å². The zero-order chi connectivity index (χ0) is 13.8. The van der Waals surface area contributed by atoms with Crippen LogP contribution in [0.3, 0.4) is 0 Å². The van der Waals surface area contributed by atoms with E-state index in [1.807, 2.05) is 0 Å². The van der Waals surface area contributed by atoms with E-state index in [4.69, 9.17) is 5.11 Å². The highest BCUT2D eigenvalue weighted by atomic mass is 16.5.